The van der Waals surface area contributed by atoms with Gasteiger partial charge in [-0.2, -0.15) is 0 Å². The monoisotopic (exact) mass is 218 g/mol. The van der Waals surface area contributed by atoms with Gasteiger partial charge in [-0.25, -0.2) is 0 Å². The van der Waals surface area contributed by atoms with Crippen LogP contribution >= 0.6 is 0 Å². The highest BCUT2D eigenvalue weighted by Crippen LogP contribution is 2.12. The molecule has 0 atom stereocenters. The lowest BCUT2D eigenvalue weighted by atomic mass is 10.0. The van der Waals surface area contributed by atoms with Crippen molar-refractivity contribution in [1.29, 1.82) is 0 Å². The van der Waals surface area contributed by atoms with Gasteiger partial charge in [-0.05, 0) is 30.9 Å². The summed E-state index contributed by atoms with van der Waals surface area (Å²) in [6.45, 7) is 0. The lowest BCUT2D eigenvalue weighted by Gasteiger charge is -2.05. The van der Waals surface area contributed by atoms with E-state index in [1.165, 1.54) is 0 Å². The van der Waals surface area contributed by atoms with Gasteiger partial charge in [-0.1, -0.05) is 24.6 Å². The van der Waals surface area contributed by atoms with Crippen LogP contribution in [-0.4, -0.2) is 12.2 Å². The predicted octanol–water partition coefficient (Wildman–Crippen LogP) is 2.00. The van der Waals surface area contributed by atoms with Gasteiger partial charge in [0, 0.05) is 12.0 Å². The molecule has 1 aromatic rings. The van der Waals surface area contributed by atoms with Crippen molar-refractivity contribution in [3.05, 3.63) is 35.4 Å². The van der Waals surface area contributed by atoms with Crippen LogP contribution < -0.4 is 5.73 Å². The van der Waals surface area contributed by atoms with E-state index in [4.69, 9.17) is 5.73 Å². The minimum Gasteiger partial charge on any atom is -0.366 e. The van der Waals surface area contributed by atoms with Gasteiger partial charge in [0.2, 0.25) is 5.91 Å². The van der Waals surface area contributed by atoms with Gasteiger partial charge in [0.15, 0.2) is 6.29 Å². The Balaban J connectivity index is 2.47. The molecular formula is C13H16NO2. The summed E-state index contributed by atoms with van der Waals surface area (Å²) in [6.07, 6.45) is 6.00. The van der Waals surface area contributed by atoms with E-state index in [1.807, 2.05) is 24.5 Å². The molecule has 0 saturated carbocycles. The van der Waals surface area contributed by atoms with Crippen molar-refractivity contribution in [2.75, 3.05) is 0 Å². The molecule has 0 aliphatic heterocycles. The molecule has 1 radical (unpaired) electrons. The number of carbonyl (C=O) groups excluding carboxylic acids is 2. The van der Waals surface area contributed by atoms with Crippen molar-refractivity contribution in [3.63, 3.8) is 0 Å². The summed E-state index contributed by atoms with van der Waals surface area (Å²) in [5.74, 6) is -0.378. The molecule has 1 amide bonds. The number of primary amides is 1. The Labute approximate surface area is 95.6 Å². The first kappa shape index (κ1) is 12.4. The van der Waals surface area contributed by atoms with Crippen LogP contribution in [0.2, 0.25) is 0 Å². The van der Waals surface area contributed by atoms with Gasteiger partial charge in [-0.15, -0.1) is 0 Å². The second-order valence-electron chi connectivity index (χ2n) is 3.73. The molecule has 0 unspecified atom stereocenters. The van der Waals surface area contributed by atoms with Crippen LogP contribution in [0.3, 0.4) is 0 Å². The zero-order chi connectivity index (χ0) is 11.8. The van der Waals surface area contributed by atoms with Gasteiger partial charge >= 0.3 is 0 Å². The molecule has 85 valence electrons. The quantitative estimate of drug-likeness (QED) is 0.711. The Hall–Kier alpha value is -1.64. The molecule has 0 fully saturated rings. The molecule has 0 heterocycles. The summed E-state index contributed by atoms with van der Waals surface area (Å²) in [5.41, 5.74) is 6.87. The van der Waals surface area contributed by atoms with E-state index in [9.17, 15) is 9.59 Å². The first-order valence-corrected chi connectivity index (χ1v) is 5.48. The molecule has 0 bridgehead atoms. The number of hydrogen-bond donors (Lipinski definition) is 1. The maximum Gasteiger partial charge on any atom is 0.248 e. The average Bonchev–Trinajstić information content (AvgIpc) is 2.29. The predicted molar refractivity (Wildman–Crippen MR) is 62.8 cm³/mol. The van der Waals surface area contributed by atoms with Gasteiger partial charge < -0.3 is 5.73 Å². The van der Waals surface area contributed by atoms with Gasteiger partial charge in [0.05, 0.1) is 0 Å². The van der Waals surface area contributed by atoms with Crippen molar-refractivity contribution >= 4 is 12.2 Å². The maximum atomic E-state index is 11.1. The topological polar surface area (TPSA) is 60.2 Å². The molecule has 3 heteroatoms. The number of amides is 1. The third-order valence-electron chi connectivity index (χ3n) is 2.51. The number of nitrogens with two attached hydrogens (primary N) is 1. The van der Waals surface area contributed by atoms with Crippen LogP contribution in [0.15, 0.2) is 24.3 Å². The van der Waals surface area contributed by atoms with Crippen LogP contribution in [0.4, 0.5) is 0 Å². The molecule has 0 spiro atoms. The number of benzene rings is 1. The fraction of sp³-hybridized carbons (Fsp3) is 0.385. The van der Waals surface area contributed by atoms with Crippen LogP contribution in [0, 0.1) is 0 Å². The van der Waals surface area contributed by atoms with Crippen LogP contribution in [0.25, 0.3) is 0 Å². The lowest BCUT2D eigenvalue weighted by molar-refractivity contribution is 0.0999. The van der Waals surface area contributed by atoms with E-state index in [-0.39, 0.29) is 5.91 Å². The van der Waals surface area contributed by atoms with Gasteiger partial charge in [-0.3, -0.25) is 9.59 Å². The van der Waals surface area contributed by atoms with Crippen molar-refractivity contribution in [2.45, 2.75) is 32.1 Å². The summed E-state index contributed by atoms with van der Waals surface area (Å²) in [6, 6.07) is 7.38. The van der Waals surface area contributed by atoms with E-state index in [2.05, 4.69) is 0 Å². The highest BCUT2D eigenvalue weighted by atomic mass is 16.1. The van der Waals surface area contributed by atoms with E-state index < -0.39 is 0 Å². The summed E-state index contributed by atoms with van der Waals surface area (Å²) >= 11 is 0. The second kappa shape index (κ2) is 6.77. The van der Waals surface area contributed by atoms with Crippen molar-refractivity contribution in [3.8, 4) is 0 Å². The molecule has 3 nitrogen and oxygen atoms in total. The lowest BCUT2D eigenvalue weighted by Crippen LogP contribution is -2.13. The molecule has 0 aliphatic rings. The van der Waals surface area contributed by atoms with E-state index in [0.717, 1.165) is 31.2 Å². The summed E-state index contributed by atoms with van der Waals surface area (Å²) < 4.78 is 0. The fourth-order valence-electron chi connectivity index (χ4n) is 1.67. The Morgan fingerprint density at radius 2 is 1.94 bits per heavy atom. The summed E-state index contributed by atoms with van der Waals surface area (Å²) in [7, 11) is 0. The number of rotatable bonds is 7. The highest BCUT2D eigenvalue weighted by Gasteiger charge is 2.05. The molecular weight excluding hydrogens is 202 g/mol. The van der Waals surface area contributed by atoms with E-state index >= 15 is 0 Å². The van der Waals surface area contributed by atoms with Crippen LogP contribution in [0.1, 0.15) is 41.6 Å². The Morgan fingerprint density at radius 3 is 2.62 bits per heavy atom. The van der Waals surface area contributed by atoms with Crippen molar-refractivity contribution in [2.24, 2.45) is 5.73 Å². The number of aryl methyl sites for hydroxylation is 1. The van der Waals surface area contributed by atoms with Gasteiger partial charge in [0.25, 0.3) is 0 Å². The van der Waals surface area contributed by atoms with Crippen molar-refractivity contribution < 1.29 is 9.59 Å². The zero-order valence-corrected chi connectivity index (χ0v) is 9.24. The summed E-state index contributed by atoms with van der Waals surface area (Å²) in [5, 5.41) is 0. The van der Waals surface area contributed by atoms with Crippen LogP contribution in [0.5, 0.6) is 0 Å². The van der Waals surface area contributed by atoms with Crippen molar-refractivity contribution in [1.82, 2.24) is 0 Å². The van der Waals surface area contributed by atoms with E-state index in [0.29, 0.717) is 12.0 Å². The molecule has 0 saturated heterocycles. The second-order valence-corrected chi connectivity index (χ2v) is 3.73. The number of carbonyl (C=O) groups is 1. The first-order chi connectivity index (χ1) is 7.75. The number of unbranched alkanes of at least 4 members (excludes halogenated alkanes) is 3. The normalized spacial score (nSPS) is 10.0. The molecule has 1 aromatic carbocycles. The maximum absolute atomic E-state index is 11.1. The third-order valence-corrected chi connectivity index (χ3v) is 2.51. The van der Waals surface area contributed by atoms with Gasteiger partial charge in [0.1, 0.15) is 0 Å². The molecule has 2 N–H and O–H groups in total. The highest BCUT2D eigenvalue weighted by molar-refractivity contribution is 5.94. The molecule has 0 aliphatic carbocycles. The smallest absolute Gasteiger partial charge is 0.248 e. The zero-order valence-electron chi connectivity index (χ0n) is 9.24. The third kappa shape index (κ3) is 3.85. The Morgan fingerprint density at radius 1 is 1.19 bits per heavy atom. The SMILES string of the molecule is NC(=O)c1ccccc1CCCCC[C]=O. The fourth-order valence-corrected chi connectivity index (χ4v) is 1.67. The average molecular weight is 218 g/mol. The first-order valence-electron chi connectivity index (χ1n) is 5.48. The summed E-state index contributed by atoms with van der Waals surface area (Å²) in [4.78, 5) is 21.1. The Bertz CT molecular complexity index is 361. The number of hydrogen-bond acceptors (Lipinski definition) is 2. The minimum atomic E-state index is -0.378. The Kier molecular flexibility index (Phi) is 5.26. The standard InChI is InChI=1S/C13H16NO2/c14-13(16)12-9-5-4-8-11(12)7-3-1-2-6-10-15/h4-5,8-9H,1-3,6-7H2,(H2,14,16). The molecule has 16 heavy (non-hydrogen) atoms. The van der Waals surface area contributed by atoms with Crippen LogP contribution in [-0.2, 0) is 11.2 Å². The largest absolute Gasteiger partial charge is 0.366 e. The molecule has 1 rings (SSSR count). The molecule has 0 aromatic heterocycles. The van der Waals surface area contributed by atoms with E-state index in [1.54, 1.807) is 6.07 Å². The minimum absolute atomic E-state index is 0.378.